The second kappa shape index (κ2) is 8.79. The first-order chi connectivity index (χ1) is 19.7. The summed E-state index contributed by atoms with van der Waals surface area (Å²) in [5.74, 6) is 0. The highest BCUT2D eigenvalue weighted by Crippen LogP contribution is 2.58. The topological polar surface area (TPSA) is 0 Å². The van der Waals surface area contributed by atoms with E-state index in [1.54, 1.807) is 0 Å². The van der Waals surface area contributed by atoms with Crippen LogP contribution in [0.3, 0.4) is 0 Å². The molecule has 1 aliphatic carbocycles. The fourth-order valence-corrected chi connectivity index (χ4v) is 6.81. The summed E-state index contributed by atoms with van der Waals surface area (Å²) in [6.45, 7) is 4.40. The molecule has 0 radical (unpaired) electrons. The Hall–Kier alpha value is -4.94. The molecular weight excluding hydrogens is 480 g/mol. The summed E-state index contributed by atoms with van der Waals surface area (Å²) in [7, 11) is 0. The molecule has 0 saturated heterocycles. The monoisotopic (exact) mass is 508 g/mol. The Morgan fingerprint density at radius 1 is 0.350 bits per heavy atom. The summed E-state index contributed by atoms with van der Waals surface area (Å²) >= 11 is 0. The zero-order valence-corrected chi connectivity index (χ0v) is 22.7. The molecule has 0 unspecified atom stereocenters. The fourth-order valence-electron chi connectivity index (χ4n) is 6.81. The molecule has 0 aromatic heterocycles. The molecular formula is C40H28. The molecule has 188 valence electrons. The number of aryl methyl sites for hydroxylation is 2. The van der Waals surface area contributed by atoms with Crippen LogP contribution < -0.4 is 0 Å². The van der Waals surface area contributed by atoms with E-state index >= 15 is 0 Å². The maximum absolute atomic E-state index is 2.42. The molecule has 0 amide bonds. The van der Waals surface area contributed by atoms with Crippen molar-refractivity contribution < 1.29 is 0 Å². The van der Waals surface area contributed by atoms with Gasteiger partial charge in [-0.3, -0.25) is 0 Å². The third kappa shape index (κ3) is 3.33. The lowest BCUT2D eigenvalue weighted by molar-refractivity contribution is 1.47. The van der Waals surface area contributed by atoms with Crippen molar-refractivity contribution in [2.75, 3.05) is 0 Å². The van der Waals surface area contributed by atoms with Gasteiger partial charge in [-0.1, -0.05) is 133 Å². The largest absolute Gasteiger partial charge is 0.0622 e. The molecule has 0 nitrogen and oxygen atoms in total. The molecule has 0 heteroatoms. The van der Waals surface area contributed by atoms with E-state index in [0.29, 0.717) is 0 Å². The van der Waals surface area contributed by atoms with Crippen molar-refractivity contribution in [3.63, 3.8) is 0 Å². The first kappa shape index (κ1) is 23.0. The summed E-state index contributed by atoms with van der Waals surface area (Å²) < 4.78 is 0. The van der Waals surface area contributed by atoms with E-state index in [1.807, 2.05) is 0 Å². The molecule has 0 heterocycles. The summed E-state index contributed by atoms with van der Waals surface area (Å²) in [5, 5.41) is 5.31. The minimum absolute atomic E-state index is 1.25. The van der Waals surface area contributed by atoms with E-state index in [4.69, 9.17) is 0 Å². The van der Waals surface area contributed by atoms with Gasteiger partial charge in [-0.25, -0.2) is 0 Å². The molecule has 0 saturated carbocycles. The molecule has 0 fully saturated rings. The second-order valence-electron chi connectivity index (χ2n) is 11.0. The molecule has 0 atom stereocenters. The third-order valence-electron chi connectivity index (χ3n) is 8.58. The van der Waals surface area contributed by atoms with E-state index in [-0.39, 0.29) is 0 Å². The van der Waals surface area contributed by atoms with Crippen LogP contribution in [0, 0.1) is 13.8 Å². The van der Waals surface area contributed by atoms with Crippen molar-refractivity contribution >= 4 is 21.5 Å². The van der Waals surface area contributed by atoms with Gasteiger partial charge in [0, 0.05) is 0 Å². The molecule has 40 heavy (non-hydrogen) atoms. The summed E-state index contributed by atoms with van der Waals surface area (Å²) in [4.78, 5) is 0. The molecule has 0 spiro atoms. The smallest absolute Gasteiger partial charge is 0.000741 e. The quantitative estimate of drug-likeness (QED) is 0.223. The standard InChI is InChI=1S/C40H28/c1-25-11-9-16-29(23-25)30-20-22-32-35(24-30)37(28-14-7-4-8-15-28)40-34-21-19-26(2)31-17-10-18-33(38(31)34)39(40)36(32)27-12-5-3-6-13-27/h3-24H,1-2H3. The van der Waals surface area contributed by atoms with Gasteiger partial charge in [-0.2, -0.15) is 0 Å². The fraction of sp³-hybridized carbons (Fsp3) is 0.0500. The van der Waals surface area contributed by atoms with Gasteiger partial charge in [0.2, 0.25) is 0 Å². The SMILES string of the molecule is Cc1cccc(-c2ccc3c(-c4ccccc4)c4c(c(-c5ccccc5)c3c2)-c2ccc(C)c3cccc-4c23)c1. The van der Waals surface area contributed by atoms with Crippen LogP contribution in [0.2, 0.25) is 0 Å². The molecule has 7 aromatic rings. The van der Waals surface area contributed by atoms with Gasteiger partial charge in [0.25, 0.3) is 0 Å². The number of fused-ring (bicyclic) bond motifs is 4. The minimum atomic E-state index is 1.25. The lowest BCUT2D eigenvalue weighted by Crippen LogP contribution is -1.94. The summed E-state index contributed by atoms with van der Waals surface area (Å²) in [6.07, 6.45) is 0. The van der Waals surface area contributed by atoms with Gasteiger partial charge >= 0.3 is 0 Å². The van der Waals surface area contributed by atoms with E-state index in [9.17, 15) is 0 Å². The number of rotatable bonds is 3. The zero-order chi connectivity index (χ0) is 26.8. The van der Waals surface area contributed by atoms with Crippen molar-refractivity contribution in [1.82, 2.24) is 0 Å². The Bertz CT molecular complexity index is 2100. The second-order valence-corrected chi connectivity index (χ2v) is 11.0. The lowest BCUT2D eigenvalue weighted by Gasteiger charge is -2.21. The lowest BCUT2D eigenvalue weighted by atomic mass is 9.82. The van der Waals surface area contributed by atoms with Crippen LogP contribution in [0.4, 0.5) is 0 Å². The number of hydrogen-bond acceptors (Lipinski definition) is 0. The Balaban J connectivity index is 1.61. The Morgan fingerprint density at radius 2 is 0.950 bits per heavy atom. The van der Waals surface area contributed by atoms with E-state index in [2.05, 4.69) is 147 Å². The third-order valence-corrected chi connectivity index (χ3v) is 8.58. The highest BCUT2D eigenvalue weighted by molar-refractivity contribution is 6.28. The minimum Gasteiger partial charge on any atom is -0.0622 e. The van der Waals surface area contributed by atoms with E-state index in [0.717, 1.165) is 0 Å². The van der Waals surface area contributed by atoms with Crippen LogP contribution in [0.25, 0.3) is 77.2 Å². The van der Waals surface area contributed by atoms with Crippen LogP contribution in [-0.2, 0) is 0 Å². The normalized spacial score (nSPS) is 11.8. The van der Waals surface area contributed by atoms with Crippen molar-refractivity contribution in [2.24, 2.45) is 0 Å². The summed E-state index contributed by atoms with van der Waals surface area (Å²) in [5.41, 5.74) is 15.6. The van der Waals surface area contributed by atoms with Gasteiger partial charge in [-0.15, -0.1) is 0 Å². The predicted molar refractivity (Wildman–Crippen MR) is 172 cm³/mol. The van der Waals surface area contributed by atoms with E-state index < -0.39 is 0 Å². The van der Waals surface area contributed by atoms with Crippen molar-refractivity contribution in [2.45, 2.75) is 13.8 Å². The predicted octanol–water partition coefficient (Wildman–Crippen LogP) is 11.3. The van der Waals surface area contributed by atoms with Crippen LogP contribution >= 0.6 is 0 Å². The van der Waals surface area contributed by atoms with Gasteiger partial charge in [-0.05, 0) is 103 Å². The van der Waals surface area contributed by atoms with E-state index in [1.165, 1.54) is 88.3 Å². The molecule has 0 aliphatic heterocycles. The van der Waals surface area contributed by atoms with Crippen LogP contribution in [0.1, 0.15) is 11.1 Å². The summed E-state index contributed by atoms with van der Waals surface area (Å²) in [6, 6.07) is 49.3. The first-order valence-electron chi connectivity index (χ1n) is 14.0. The average molecular weight is 509 g/mol. The molecule has 1 aliphatic rings. The number of benzene rings is 7. The highest BCUT2D eigenvalue weighted by atomic mass is 14.3. The van der Waals surface area contributed by atoms with Crippen molar-refractivity contribution in [1.29, 1.82) is 0 Å². The Labute approximate surface area is 235 Å². The van der Waals surface area contributed by atoms with Crippen LogP contribution in [0.15, 0.2) is 133 Å². The molecule has 8 rings (SSSR count). The Kier molecular flexibility index (Phi) is 5.06. The Morgan fingerprint density at radius 3 is 1.65 bits per heavy atom. The zero-order valence-electron chi connectivity index (χ0n) is 22.7. The average Bonchev–Trinajstić information content (AvgIpc) is 3.33. The maximum atomic E-state index is 2.42. The van der Waals surface area contributed by atoms with Crippen LogP contribution in [-0.4, -0.2) is 0 Å². The van der Waals surface area contributed by atoms with Gasteiger partial charge in [0.1, 0.15) is 0 Å². The van der Waals surface area contributed by atoms with Crippen molar-refractivity contribution in [3.05, 3.63) is 145 Å². The van der Waals surface area contributed by atoms with Gasteiger partial charge in [0.15, 0.2) is 0 Å². The molecule has 0 N–H and O–H groups in total. The van der Waals surface area contributed by atoms with Crippen molar-refractivity contribution in [3.8, 4) is 55.6 Å². The highest BCUT2D eigenvalue weighted by Gasteiger charge is 2.30. The van der Waals surface area contributed by atoms with Gasteiger partial charge in [0.05, 0.1) is 0 Å². The first-order valence-corrected chi connectivity index (χ1v) is 14.0. The molecule has 0 bridgehead atoms. The maximum Gasteiger partial charge on any atom is -0.000741 e. The van der Waals surface area contributed by atoms with Gasteiger partial charge < -0.3 is 0 Å². The van der Waals surface area contributed by atoms with Crippen LogP contribution in [0.5, 0.6) is 0 Å². The molecule has 7 aromatic carbocycles. The number of hydrogen-bond donors (Lipinski definition) is 0.